The lowest BCUT2D eigenvalue weighted by Crippen LogP contribution is -2.14. The summed E-state index contributed by atoms with van der Waals surface area (Å²) in [5.41, 5.74) is -1.55. The quantitative estimate of drug-likeness (QED) is 0.459. The van der Waals surface area contributed by atoms with Crippen LogP contribution in [0.5, 0.6) is 11.5 Å². The number of esters is 1. The van der Waals surface area contributed by atoms with Gasteiger partial charge in [-0.05, 0) is 31.2 Å². The first-order chi connectivity index (χ1) is 14.8. The second-order valence-electron chi connectivity index (χ2n) is 6.36. The van der Waals surface area contributed by atoms with Crippen LogP contribution < -0.4 is 8.92 Å². The second kappa shape index (κ2) is 7.91. The van der Waals surface area contributed by atoms with Gasteiger partial charge in [0.1, 0.15) is 5.82 Å². The Morgan fingerprint density at radius 2 is 1.65 bits per heavy atom. The Hall–Kier alpha value is -3.60. The Labute approximate surface area is 176 Å². The summed E-state index contributed by atoms with van der Waals surface area (Å²) in [6, 6.07) is 15.4. The first-order valence-electron chi connectivity index (χ1n) is 8.86. The van der Waals surface area contributed by atoms with Crippen LogP contribution in [0.1, 0.15) is 21.9 Å². The van der Waals surface area contributed by atoms with E-state index in [0.29, 0.717) is 4.52 Å². The summed E-state index contributed by atoms with van der Waals surface area (Å²) in [6.45, 7) is 1.44. The van der Waals surface area contributed by atoms with Gasteiger partial charge in [-0.2, -0.15) is 13.2 Å². The van der Waals surface area contributed by atoms with E-state index in [1.165, 1.54) is 31.2 Å². The molecule has 0 aliphatic carbocycles. The van der Waals surface area contributed by atoms with Crippen LogP contribution in [0.25, 0.3) is 5.65 Å². The van der Waals surface area contributed by atoms with E-state index >= 15 is 0 Å². The molecule has 1 atom stereocenters. The molecule has 0 aliphatic rings. The van der Waals surface area contributed by atoms with Crippen molar-refractivity contribution in [3.8, 4) is 11.5 Å². The van der Waals surface area contributed by atoms with Crippen molar-refractivity contribution in [3.63, 3.8) is 0 Å². The maximum absolute atomic E-state index is 13.9. The molecule has 0 amide bonds. The molecule has 0 spiro atoms. The first kappa shape index (κ1) is 20.7. The molecule has 0 radical (unpaired) electrons. The van der Waals surface area contributed by atoms with Gasteiger partial charge in [0.25, 0.3) is 0 Å². The van der Waals surface area contributed by atoms with Gasteiger partial charge in [-0.3, -0.25) is 5.10 Å². The Balaban J connectivity index is 1.85. The molecule has 0 aliphatic heterocycles. The number of rotatable bonds is 5. The monoisotopic (exact) mass is 449 g/mol. The maximum atomic E-state index is 13.9. The van der Waals surface area contributed by atoms with Crippen molar-refractivity contribution in [2.75, 3.05) is 0 Å². The number of aryl methyl sites for hydroxylation is 1. The number of hydrogen-bond donors (Lipinski definition) is 1. The SMILES string of the molecule is Cc1nc2c(OC(=O)c3ccccc3)c(OS(=O)c3ccccc3)c(C(F)(F)F)n2[nH]1. The zero-order valence-electron chi connectivity index (χ0n) is 15.8. The van der Waals surface area contributed by atoms with Gasteiger partial charge < -0.3 is 8.92 Å². The minimum absolute atomic E-state index is 0.109. The highest BCUT2D eigenvalue weighted by Crippen LogP contribution is 2.46. The van der Waals surface area contributed by atoms with E-state index < -0.39 is 40.4 Å². The van der Waals surface area contributed by atoms with Crippen LogP contribution in [-0.4, -0.2) is 24.8 Å². The predicted octanol–water partition coefficient (Wildman–Crippen LogP) is 4.31. The maximum Gasteiger partial charge on any atom is 0.437 e. The minimum atomic E-state index is -4.94. The number of halogens is 3. The molecule has 2 heterocycles. The highest BCUT2D eigenvalue weighted by Gasteiger charge is 2.44. The standard InChI is InChI=1S/C20H14F3N3O4S/c1-12-24-18-16(29-19(27)13-8-4-2-5-9-13)15(17(20(21,22)23)26(18)25-12)30-31(28)14-10-6-3-7-11-14/h2-11H,1H3,(H,24,25). The average molecular weight is 449 g/mol. The van der Waals surface area contributed by atoms with Crippen LogP contribution >= 0.6 is 0 Å². The molecular formula is C20H14F3N3O4S. The van der Waals surface area contributed by atoms with E-state index in [9.17, 15) is 22.2 Å². The van der Waals surface area contributed by atoms with Crippen molar-refractivity contribution >= 4 is 22.7 Å². The van der Waals surface area contributed by atoms with Crippen molar-refractivity contribution in [2.45, 2.75) is 18.0 Å². The molecule has 0 saturated carbocycles. The van der Waals surface area contributed by atoms with Crippen LogP contribution in [0.3, 0.4) is 0 Å². The second-order valence-corrected chi connectivity index (χ2v) is 7.47. The fourth-order valence-corrected chi connectivity index (χ4v) is 3.66. The Bertz CT molecular complexity index is 1270. The van der Waals surface area contributed by atoms with E-state index in [2.05, 4.69) is 10.1 Å². The largest absolute Gasteiger partial charge is 0.437 e. The molecule has 4 aromatic rings. The zero-order valence-corrected chi connectivity index (χ0v) is 16.7. The lowest BCUT2D eigenvalue weighted by atomic mass is 10.2. The summed E-state index contributed by atoms with van der Waals surface area (Å²) in [4.78, 5) is 16.7. The van der Waals surface area contributed by atoms with Crippen LogP contribution in [0, 0.1) is 6.92 Å². The van der Waals surface area contributed by atoms with Gasteiger partial charge in [0.15, 0.2) is 5.69 Å². The third kappa shape index (κ3) is 4.04. The van der Waals surface area contributed by atoms with E-state index in [1.807, 2.05) is 0 Å². The lowest BCUT2D eigenvalue weighted by molar-refractivity contribution is -0.143. The molecular weight excluding hydrogens is 435 g/mol. The smallest absolute Gasteiger partial charge is 0.415 e. The molecule has 160 valence electrons. The third-order valence-corrected chi connectivity index (χ3v) is 5.15. The minimum Gasteiger partial charge on any atom is -0.415 e. The first-order valence-corrected chi connectivity index (χ1v) is 9.94. The molecule has 2 aromatic heterocycles. The van der Waals surface area contributed by atoms with Gasteiger partial charge in [-0.15, -0.1) is 0 Å². The van der Waals surface area contributed by atoms with Crippen molar-refractivity contribution in [3.05, 3.63) is 77.7 Å². The number of aromatic nitrogens is 3. The van der Waals surface area contributed by atoms with Crippen LogP contribution in [-0.2, 0) is 17.3 Å². The number of aromatic amines is 1. The Morgan fingerprint density at radius 3 is 2.26 bits per heavy atom. The fourth-order valence-electron chi connectivity index (χ4n) is 2.88. The molecule has 0 bridgehead atoms. The van der Waals surface area contributed by atoms with E-state index in [4.69, 9.17) is 8.92 Å². The highest BCUT2D eigenvalue weighted by atomic mass is 32.2. The summed E-state index contributed by atoms with van der Waals surface area (Å²) in [5.74, 6) is -2.27. The van der Waals surface area contributed by atoms with Gasteiger partial charge in [-0.1, -0.05) is 36.4 Å². The number of benzene rings is 2. The summed E-state index contributed by atoms with van der Waals surface area (Å²) in [5, 5.41) is 2.44. The molecule has 2 aromatic carbocycles. The molecule has 0 saturated heterocycles. The molecule has 7 nitrogen and oxygen atoms in total. The topological polar surface area (TPSA) is 85.7 Å². The summed E-state index contributed by atoms with van der Waals surface area (Å²) in [7, 11) is 0. The van der Waals surface area contributed by atoms with E-state index in [1.54, 1.807) is 36.4 Å². The number of H-pyrrole nitrogens is 1. The van der Waals surface area contributed by atoms with Crippen LogP contribution in [0.2, 0.25) is 0 Å². The Morgan fingerprint density at radius 1 is 1.03 bits per heavy atom. The predicted molar refractivity (Wildman–Crippen MR) is 104 cm³/mol. The number of alkyl halides is 3. The number of fused-ring (bicyclic) bond motifs is 1. The molecule has 0 fully saturated rings. The zero-order chi connectivity index (χ0) is 22.2. The normalized spacial score (nSPS) is 12.6. The summed E-state index contributed by atoms with van der Waals surface area (Å²) >= 11 is -2.31. The molecule has 1 N–H and O–H groups in total. The number of carbonyl (C=O) groups excluding carboxylic acids is 1. The highest BCUT2D eigenvalue weighted by molar-refractivity contribution is 7.80. The van der Waals surface area contributed by atoms with Gasteiger partial charge in [0.2, 0.25) is 28.2 Å². The van der Waals surface area contributed by atoms with Crippen molar-refractivity contribution in [1.82, 2.24) is 14.6 Å². The van der Waals surface area contributed by atoms with Gasteiger partial charge in [0.05, 0.1) is 10.5 Å². The van der Waals surface area contributed by atoms with Crippen molar-refractivity contribution < 1.29 is 31.1 Å². The van der Waals surface area contributed by atoms with Crippen LogP contribution in [0.4, 0.5) is 13.2 Å². The molecule has 31 heavy (non-hydrogen) atoms. The van der Waals surface area contributed by atoms with Gasteiger partial charge in [-0.25, -0.2) is 18.5 Å². The average Bonchev–Trinajstić information content (AvgIpc) is 3.24. The number of nitrogens with one attached hydrogen (secondary N) is 1. The number of hydrogen-bond acceptors (Lipinski definition) is 5. The summed E-state index contributed by atoms with van der Waals surface area (Å²) in [6.07, 6.45) is -4.94. The molecule has 4 rings (SSSR count). The number of ether oxygens (including phenoxy) is 1. The van der Waals surface area contributed by atoms with Crippen LogP contribution in [0.15, 0.2) is 65.6 Å². The lowest BCUT2D eigenvalue weighted by Gasteiger charge is -2.11. The summed E-state index contributed by atoms with van der Waals surface area (Å²) < 4.78 is 65.5. The molecule has 1 unspecified atom stereocenters. The Kier molecular flexibility index (Phi) is 5.27. The van der Waals surface area contributed by atoms with Crippen molar-refractivity contribution in [1.29, 1.82) is 0 Å². The molecule has 11 heteroatoms. The number of carbonyl (C=O) groups is 1. The van der Waals surface area contributed by atoms with Gasteiger partial charge in [0, 0.05) is 0 Å². The third-order valence-electron chi connectivity index (χ3n) is 4.17. The fraction of sp³-hybridized carbons (Fsp3) is 0.100. The van der Waals surface area contributed by atoms with E-state index in [0.717, 1.165) is 0 Å². The van der Waals surface area contributed by atoms with Gasteiger partial charge >= 0.3 is 12.1 Å². The number of nitrogens with zero attached hydrogens (tertiary/aromatic N) is 2. The van der Waals surface area contributed by atoms with E-state index in [-0.39, 0.29) is 21.9 Å². The van der Waals surface area contributed by atoms with Crippen molar-refractivity contribution in [2.24, 2.45) is 0 Å².